The second kappa shape index (κ2) is 6.93. The summed E-state index contributed by atoms with van der Waals surface area (Å²) in [5, 5.41) is 9.06. The fraction of sp³-hybridized carbons (Fsp3) is 0.385. The van der Waals surface area contributed by atoms with Crippen LogP contribution in [0.4, 0.5) is 0 Å². The monoisotopic (exact) mass is 206 g/mol. The topological polar surface area (TPSA) is 29.5 Å². The van der Waals surface area contributed by atoms with Gasteiger partial charge in [-0.25, -0.2) is 0 Å². The average Bonchev–Trinajstić information content (AvgIpc) is 2.26. The fourth-order valence-electron chi connectivity index (χ4n) is 1.30. The first kappa shape index (κ1) is 11.6. The van der Waals surface area contributed by atoms with Gasteiger partial charge in [0.1, 0.15) is 11.5 Å². The maximum absolute atomic E-state index is 9.06. The van der Waals surface area contributed by atoms with E-state index in [9.17, 15) is 0 Å². The van der Waals surface area contributed by atoms with Crippen LogP contribution in [0.25, 0.3) is 0 Å². The van der Waals surface area contributed by atoms with E-state index in [1.165, 1.54) is 12.8 Å². The first-order valence-electron chi connectivity index (χ1n) is 5.35. The van der Waals surface area contributed by atoms with Crippen LogP contribution in [-0.2, 0) is 0 Å². The second-order valence-corrected chi connectivity index (χ2v) is 3.48. The molecule has 0 atom stereocenters. The minimum Gasteiger partial charge on any atom is -0.508 e. The lowest BCUT2D eigenvalue weighted by molar-refractivity contribution is 0.305. The largest absolute Gasteiger partial charge is 0.508 e. The Labute approximate surface area is 91.2 Å². The van der Waals surface area contributed by atoms with E-state index < -0.39 is 0 Å². The number of hydrogen-bond acceptors (Lipinski definition) is 2. The molecule has 15 heavy (non-hydrogen) atoms. The summed E-state index contributed by atoms with van der Waals surface area (Å²) in [5.74, 6) is 1.09. The van der Waals surface area contributed by atoms with Crippen LogP contribution in [0.5, 0.6) is 11.5 Å². The highest BCUT2D eigenvalue weighted by Gasteiger charge is 1.93. The SMILES string of the molecule is C=CCCCCCOc1ccc(O)cc1. The fourth-order valence-corrected chi connectivity index (χ4v) is 1.30. The van der Waals surface area contributed by atoms with Crippen molar-refractivity contribution in [3.63, 3.8) is 0 Å². The quantitative estimate of drug-likeness (QED) is 0.546. The number of benzene rings is 1. The molecule has 0 spiro atoms. The van der Waals surface area contributed by atoms with Crippen LogP contribution in [0.3, 0.4) is 0 Å². The lowest BCUT2D eigenvalue weighted by Gasteiger charge is -2.05. The zero-order valence-electron chi connectivity index (χ0n) is 8.98. The Hall–Kier alpha value is -1.44. The number of phenols is 1. The molecule has 0 aliphatic rings. The van der Waals surface area contributed by atoms with Crippen LogP contribution in [-0.4, -0.2) is 11.7 Å². The molecule has 0 radical (unpaired) electrons. The molecule has 0 unspecified atom stereocenters. The lowest BCUT2D eigenvalue weighted by atomic mass is 10.2. The van der Waals surface area contributed by atoms with Crippen LogP contribution >= 0.6 is 0 Å². The third-order valence-corrected chi connectivity index (χ3v) is 2.16. The number of aromatic hydroxyl groups is 1. The van der Waals surface area contributed by atoms with Gasteiger partial charge < -0.3 is 9.84 Å². The molecule has 0 saturated carbocycles. The molecule has 0 aliphatic heterocycles. The predicted molar refractivity (Wildman–Crippen MR) is 62.3 cm³/mol. The molecule has 0 fully saturated rings. The van der Waals surface area contributed by atoms with Crippen molar-refractivity contribution in [2.45, 2.75) is 25.7 Å². The van der Waals surface area contributed by atoms with E-state index in [0.717, 1.165) is 25.2 Å². The zero-order valence-corrected chi connectivity index (χ0v) is 8.98. The maximum atomic E-state index is 9.06. The van der Waals surface area contributed by atoms with Gasteiger partial charge in [0.05, 0.1) is 6.61 Å². The molecule has 1 aromatic rings. The van der Waals surface area contributed by atoms with E-state index in [1.54, 1.807) is 24.3 Å². The smallest absolute Gasteiger partial charge is 0.119 e. The van der Waals surface area contributed by atoms with Crippen molar-refractivity contribution in [1.82, 2.24) is 0 Å². The van der Waals surface area contributed by atoms with Gasteiger partial charge in [0.25, 0.3) is 0 Å². The van der Waals surface area contributed by atoms with Gasteiger partial charge in [-0.15, -0.1) is 6.58 Å². The van der Waals surface area contributed by atoms with E-state index in [1.807, 2.05) is 6.08 Å². The van der Waals surface area contributed by atoms with Gasteiger partial charge in [-0.05, 0) is 49.9 Å². The Morgan fingerprint density at radius 3 is 2.53 bits per heavy atom. The van der Waals surface area contributed by atoms with Crippen molar-refractivity contribution in [1.29, 1.82) is 0 Å². The summed E-state index contributed by atoms with van der Waals surface area (Å²) in [6.07, 6.45) is 6.45. The standard InChI is InChI=1S/C13H18O2/c1-2-3-4-5-6-11-15-13-9-7-12(14)8-10-13/h2,7-10,14H,1,3-6,11H2. The van der Waals surface area contributed by atoms with Gasteiger partial charge in [0.2, 0.25) is 0 Å². The van der Waals surface area contributed by atoms with Gasteiger partial charge in [0, 0.05) is 0 Å². The van der Waals surface area contributed by atoms with Crippen LogP contribution in [0, 0.1) is 0 Å². The van der Waals surface area contributed by atoms with Crippen LogP contribution in [0.15, 0.2) is 36.9 Å². The Kier molecular flexibility index (Phi) is 5.38. The van der Waals surface area contributed by atoms with Crippen molar-refractivity contribution in [3.8, 4) is 11.5 Å². The molecule has 0 aliphatic carbocycles. The average molecular weight is 206 g/mol. The second-order valence-electron chi connectivity index (χ2n) is 3.48. The molecule has 0 aromatic heterocycles. The zero-order chi connectivity index (χ0) is 10.9. The van der Waals surface area contributed by atoms with E-state index >= 15 is 0 Å². The first-order chi connectivity index (χ1) is 7.33. The number of phenolic OH excluding ortho intramolecular Hbond substituents is 1. The number of hydrogen-bond donors (Lipinski definition) is 1. The molecule has 0 amide bonds. The Bertz CT molecular complexity index is 277. The molecule has 2 nitrogen and oxygen atoms in total. The Morgan fingerprint density at radius 1 is 1.13 bits per heavy atom. The minimum atomic E-state index is 0.272. The Morgan fingerprint density at radius 2 is 1.87 bits per heavy atom. The van der Waals surface area contributed by atoms with Gasteiger partial charge in [-0.1, -0.05) is 6.08 Å². The number of rotatable bonds is 7. The van der Waals surface area contributed by atoms with Crippen LogP contribution in [0.1, 0.15) is 25.7 Å². The first-order valence-corrected chi connectivity index (χ1v) is 5.35. The Balaban J connectivity index is 2.09. The van der Waals surface area contributed by atoms with E-state index in [4.69, 9.17) is 9.84 Å². The van der Waals surface area contributed by atoms with Crippen molar-refractivity contribution >= 4 is 0 Å². The predicted octanol–water partition coefficient (Wildman–Crippen LogP) is 3.52. The summed E-state index contributed by atoms with van der Waals surface area (Å²) in [6, 6.07) is 6.82. The molecule has 1 N–H and O–H groups in total. The molecule has 0 bridgehead atoms. The summed E-state index contributed by atoms with van der Waals surface area (Å²) < 4.78 is 5.50. The highest BCUT2D eigenvalue weighted by atomic mass is 16.5. The highest BCUT2D eigenvalue weighted by Crippen LogP contribution is 2.16. The molecule has 2 heteroatoms. The van der Waals surface area contributed by atoms with E-state index in [-0.39, 0.29) is 5.75 Å². The molecule has 1 rings (SSSR count). The molecule has 82 valence electrons. The van der Waals surface area contributed by atoms with Crippen LogP contribution < -0.4 is 4.74 Å². The van der Waals surface area contributed by atoms with E-state index in [2.05, 4.69) is 6.58 Å². The normalized spacial score (nSPS) is 9.87. The van der Waals surface area contributed by atoms with Gasteiger partial charge in [-0.3, -0.25) is 0 Å². The van der Waals surface area contributed by atoms with Crippen molar-refractivity contribution in [2.24, 2.45) is 0 Å². The molecule has 0 heterocycles. The third kappa shape index (κ3) is 5.11. The third-order valence-electron chi connectivity index (χ3n) is 2.16. The number of allylic oxidation sites excluding steroid dienone is 1. The molecule has 1 aromatic carbocycles. The van der Waals surface area contributed by atoms with Gasteiger partial charge in [-0.2, -0.15) is 0 Å². The summed E-state index contributed by atoms with van der Waals surface area (Å²) in [6.45, 7) is 4.42. The highest BCUT2D eigenvalue weighted by molar-refractivity contribution is 5.29. The number of ether oxygens (including phenoxy) is 1. The van der Waals surface area contributed by atoms with Crippen molar-refractivity contribution in [3.05, 3.63) is 36.9 Å². The summed E-state index contributed by atoms with van der Waals surface area (Å²) in [5.41, 5.74) is 0. The van der Waals surface area contributed by atoms with Crippen LogP contribution in [0.2, 0.25) is 0 Å². The maximum Gasteiger partial charge on any atom is 0.119 e. The molecular weight excluding hydrogens is 188 g/mol. The van der Waals surface area contributed by atoms with Crippen molar-refractivity contribution in [2.75, 3.05) is 6.61 Å². The molecular formula is C13H18O2. The van der Waals surface area contributed by atoms with Crippen molar-refractivity contribution < 1.29 is 9.84 Å². The summed E-state index contributed by atoms with van der Waals surface area (Å²) >= 11 is 0. The lowest BCUT2D eigenvalue weighted by Crippen LogP contribution is -1.96. The van der Waals surface area contributed by atoms with Gasteiger partial charge >= 0.3 is 0 Å². The summed E-state index contributed by atoms with van der Waals surface area (Å²) in [7, 11) is 0. The summed E-state index contributed by atoms with van der Waals surface area (Å²) in [4.78, 5) is 0. The minimum absolute atomic E-state index is 0.272. The van der Waals surface area contributed by atoms with Gasteiger partial charge in [0.15, 0.2) is 0 Å². The van der Waals surface area contributed by atoms with E-state index in [0.29, 0.717) is 0 Å². The molecule has 0 saturated heterocycles. The number of unbranched alkanes of at least 4 members (excludes halogenated alkanes) is 3.